The molecule has 1 aromatic carbocycles. The zero-order valence-corrected chi connectivity index (χ0v) is 10.9. The number of methoxy groups -OCH3 is 1. The number of ether oxygens (including phenoxy) is 2. The van der Waals surface area contributed by atoms with Crippen LogP contribution in [0, 0.1) is 5.41 Å². The molecule has 0 amide bonds. The van der Waals surface area contributed by atoms with E-state index in [1.165, 1.54) is 0 Å². The molecular weight excluding hydrogens is 244 g/mol. The van der Waals surface area contributed by atoms with Gasteiger partial charge in [0.05, 0.1) is 18.9 Å². The average molecular weight is 260 g/mol. The molecule has 0 atom stereocenters. The number of aromatic nitrogens is 2. The SMILES string of the molecule is COc1cccc(C(=N)N)c1OCc1cnn(C)c1. The van der Waals surface area contributed by atoms with E-state index in [-0.39, 0.29) is 5.84 Å². The first kappa shape index (κ1) is 12.9. The summed E-state index contributed by atoms with van der Waals surface area (Å²) >= 11 is 0. The van der Waals surface area contributed by atoms with Gasteiger partial charge in [-0.3, -0.25) is 10.1 Å². The Balaban J connectivity index is 2.25. The molecule has 0 bridgehead atoms. The molecular formula is C13H16N4O2. The number of hydrogen-bond donors (Lipinski definition) is 2. The zero-order chi connectivity index (χ0) is 13.8. The fraction of sp³-hybridized carbons (Fsp3) is 0.231. The molecule has 0 unspecified atom stereocenters. The van der Waals surface area contributed by atoms with Gasteiger partial charge in [-0.05, 0) is 12.1 Å². The summed E-state index contributed by atoms with van der Waals surface area (Å²) in [7, 11) is 3.39. The summed E-state index contributed by atoms with van der Waals surface area (Å²) in [5, 5.41) is 11.6. The number of rotatable bonds is 5. The van der Waals surface area contributed by atoms with Gasteiger partial charge in [0.15, 0.2) is 11.5 Å². The number of benzene rings is 1. The number of nitrogens with two attached hydrogens (primary N) is 1. The monoisotopic (exact) mass is 260 g/mol. The Morgan fingerprint density at radius 1 is 1.47 bits per heavy atom. The predicted octanol–water partition coefficient (Wildman–Crippen LogP) is 1.29. The van der Waals surface area contributed by atoms with Gasteiger partial charge in [0, 0.05) is 18.8 Å². The Hall–Kier alpha value is -2.50. The van der Waals surface area contributed by atoms with E-state index < -0.39 is 0 Å². The van der Waals surface area contributed by atoms with Crippen LogP contribution in [0.3, 0.4) is 0 Å². The first-order valence-electron chi connectivity index (χ1n) is 5.73. The number of nitrogen functional groups attached to an aromatic ring is 1. The van der Waals surface area contributed by atoms with Crippen LogP contribution in [0.1, 0.15) is 11.1 Å². The summed E-state index contributed by atoms with van der Waals surface area (Å²) in [6, 6.07) is 5.26. The number of amidine groups is 1. The van der Waals surface area contributed by atoms with Gasteiger partial charge in [0.2, 0.25) is 0 Å². The molecule has 6 heteroatoms. The summed E-state index contributed by atoms with van der Waals surface area (Å²) in [5.74, 6) is 0.970. The number of hydrogen-bond acceptors (Lipinski definition) is 4. The number of nitrogens with one attached hydrogen (secondary N) is 1. The Bertz CT molecular complexity index is 592. The third kappa shape index (κ3) is 2.85. The molecule has 2 aromatic rings. The lowest BCUT2D eigenvalue weighted by Gasteiger charge is -2.13. The first-order chi connectivity index (χ1) is 9.11. The van der Waals surface area contributed by atoms with Gasteiger partial charge in [-0.25, -0.2) is 0 Å². The van der Waals surface area contributed by atoms with Crippen LogP contribution in [0.2, 0.25) is 0 Å². The molecule has 0 aliphatic carbocycles. The summed E-state index contributed by atoms with van der Waals surface area (Å²) in [4.78, 5) is 0. The number of para-hydroxylation sites is 1. The second-order valence-electron chi connectivity index (χ2n) is 4.06. The van der Waals surface area contributed by atoms with Crippen molar-refractivity contribution in [2.45, 2.75) is 6.61 Å². The number of aryl methyl sites for hydroxylation is 1. The minimum absolute atomic E-state index is 0.0555. The Morgan fingerprint density at radius 3 is 2.84 bits per heavy atom. The predicted molar refractivity (Wildman–Crippen MR) is 71.6 cm³/mol. The average Bonchev–Trinajstić information content (AvgIpc) is 2.81. The number of nitrogens with zero attached hydrogens (tertiary/aromatic N) is 2. The van der Waals surface area contributed by atoms with Crippen LogP contribution in [0.4, 0.5) is 0 Å². The lowest BCUT2D eigenvalue weighted by atomic mass is 10.1. The van der Waals surface area contributed by atoms with Crippen molar-refractivity contribution >= 4 is 5.84 Å². The van der Waals surface area contributed by atoms with Crippen molar-refractivity contribution in [1.29, 1.82) is 5.41 Å². The van der Waals surface area contributed by atoms with E-state index in [1.54, 1.807) is 36.2 Å². The van der Waals surface area contributed by atoms with Gasteiger partial charge in [0.1, 0.15) is 12.4 Å². The summed E-state index contributed by atoms with van der Waals surface area (Å²) < 4.78 is 12.7. The second kappa shape index (κ2) is 5.43. The fourth-order valence-corrected chi connectivity index (χ4v) is 1.74. The quantitative estimate of drug-likeness (QED) is 0.626. The lowest BCUT2D eigenvalue weighted by Crippen LogP contribution is -2.13. The van der Waals surface area contributed by atoms with Gasteiger partial charge >= 0.3 is 0 Å². The van der Waals surface area contributed by atoms with Gasteiger partial charge in [-0.15, -0.1) is 0 Å². The Labute approximate surface area is 111 Å². The molecule has 0 saturated carbocycles. The van der Waals surface area contributed by atoms with E-state index in [4.69, 9.17) is 20.6 Å². The van der Waals surface area contributed by atoms with E-state index in [0.29, 0.717) is 23.7 Å². The standard InChI is InChI=1S/C13H16N4O2/c1-17-7-9(6-16-17)8-19-12-10(13(14)15)4-3-5-11(12)18-2/h3-7H,8H2,1-2H3,(H3,14,15). The first-order valence-corrected chi connectivity index (χ1v) is 5.73. The summed E-state index contributed by atoms with van der Waals surface area (Å²) in [6.07, 6.45) is 3.59. The van der Waals surface area contributed by atoms with Crippen LogP contribution < -0.4 is 15.2 Å². The second-order valence-corrected chi connectivity index (χ2v) is 4.06. The lowest BCUT2D eigenvalue weighted by molar-refractivity contribution is 0.284. The van der Waals surface area contributed by atoms with Crippen molar-refractivity contribution in [3.8, 4) is 11.5 Å². The van der Waals surface area contributed by atoms with E-state index in [1.807, 2.05) is 13.2 Å². The Kier molecular flexibility index (Phi) is 3.70. The third-order valence-corrected chi connectivity index (χ3v) is 2.63. The van der Waals surface area contributed by atoms with Crippen molar-refractivity contribution in [3.05, 3.63) is 41.7 Å². The molecule has 0 fully saturated rings. The normalized spacial score (nSPS) is 10.2. The molecule has 100 valence electrons. The van der Waals surface area contributed by atoms with Gasteiger partial charge in [-0.2, -0.15) is 5.10 Å². The fourth-order valence-electron chi connectivity index (χ4n) is 1.74. The zero-order valence-electron chi connectivity index (χ0n) is 10.9. The summed E-state index contributed by atoms with van der Waals surface area (Å²) in [6.45, 7) is 0.342. The minimum atomic E-state index is -0.0555. The molecule has 0 aliphatic heterocycles. The molecule has 0 spiro atoms. The maximum absolute atomic E-state index is 7.56. The largest absolute Gasteiger partial charge is 0.493 e. The van der Waals surface area contributed by atoms with Crippen molar-refractivity contribution in [3.63, 3.8) is 0 Å². The van der Waals surface area contributed by atoms with Crippen LogP contribution in [-0.4, -0.2) is 22.7 Å². The van der Waals surface area contributed by atoms with Gasteiger partial charge in [0.25, 0.3) is 0 Å². The third-order valence-electron chi connectivity index (χ3n) is 2.63. The van der Waals surface area contributed by atoms with E-state index >= 15 is 0 Å². The maximum Gasteiger partial charge on any atom is 0.172 e. The summed E-state index contributed by atoms with van der Waals surface area (Å²) in [5.41, 5.74) is 6.99. The highest BCUT2D eigenvalue weighted by Gasteiger charge is 2.13. The van der Waals surface area contributed by atoms with Crippen molar-refractivity contribution in [2.24, 2.45) is 12.8 Å². The molecule has 0 saturated heterocycles. The van der Waals surface area contributed by atoms with E-state index in [2.05, 4.69) is 5.10 Å². The smallest absolute Gasteiger partial charge is 0.172 e. The van der Waals surface area contributed by atoms with E-state index in [0.717, 1.165) is 5.56 Å². The molecule has 1 aromatic heterocycles. The van der Waals surface area contributed by atoms with Crippen molar-refractivity contribution in [1.82, 2.24) is 9.78 Å². The highest BCUT2D eigenvalue weighted by molar-refractivity contribution is 5.98. The molecule has 1 heterocycles. The van der Waals surface area contributed by atoms with Crippen LogP contribution in [-0.2, 0) is 13.7 Å². The van der Waals surface area contributed by atoms with Crippen LogP contribution in [0.5, 0.6) is 11.5 Å². The topological polar surface area (TPSA) is 86.2 Å². The Morgan fingerprint density at radius 2 is 2.26 bits per heavy atom. The molecule has 19 heavy (non-hydrogen) atoms. The van der Waals surface area contributed by atoms with Crippen molar-refractivity contribution < 1.29 is 9.47 Å². The highest BCUT2D eigenvalue weighted by atomic mass is 16.5. The van der Waals surface area contributed by atoms with E-state index in [9.17, 15) is 0 Å². The highest BCUT2D eigenvalue weighted by Crippen LogP contribution is 2.31. The molecule has 0 radical (unpaired) electrons. The van der Waals surface area contributed by atoms with Crippen LogP contribution in [0.15, 0.2) is 30.6 Å². The molecule has 6 nitrogen and oxygen atoms in total. The molecule has 3 N–H and O–H groups in total. The van der Waals surface area contributed by atoms with Gasteiger partial charge in [-0.1, -0.05) is 6.07 Å². The van der Waals surface area contributed by atoms with Crippen molar-refractivity contribution in [2.75, 3.05) is 7.11 Å². The maximum atomic E-state index is 7.56. The van der Waals surface area contributed by atoms with Gasteiger partial charge < -0.3 is 15.2 Å². The van der Waals surface area contributed by atoms with Crippen LogP contribution >= 0.6 is 0 Å². The molecule has 0 aliphatic rings. The molecule has 2 rings (SSSR count). The minimum Gasteiger partial charge on any atom is -0.493 e. The van der Waals surface area contributed by atoms with Crippen LogP contribution in [0.25, 0.3) is 0 Å².